The summed E-state index contributed by atoms with van der Waals surface area (Å²) in [6.07, 6.45) is 1.92. The molecule has 1 heterocycles. The predicted molar refractivity (Wildman–Crippen MR) is 114 cm³/mol. The first-order valence-corrected chi connectivity index (χ1v) is 12.3. The molecule has 1 unspecified atom stereocenters. The molecule has 1 aromatic heterocycles. The lowest BCUT2D eigenvalue weighted by Gasteiger charge is -2.33. The van der Waals surface area contributed by atoms with E-state index in [9.17, 15) is 4.79 Å². The van der Waals surface area contributed by atoms with Crippen molar-refractivity contribution in [3.8, 4) is 0 Å². The summed E-state index contributed by atoms with van der Waals surface area (Å²) in [4.78, 5) is 16.6. The second-order valence-electron chi connectivity index (χ2n) is 10.5. The third-order valence-electron chi connectivity index (χ3n) is 6.70. The summed E-state index contributed by atoms with van der Waals surface area (Å²) in [5.41, 5.74) is 3.08. The van der Waals surface area contributed by atoms with Gasteiger partial charge in [-0.2, -0.15) is 0 Å². The Morgan fingerprint density at radius 3 is 2.22 bits per heavy atom. The number of carbonyl (C=O) groups is 1. The van der Waals surface area contributed by atoms with Gasteiger partial charge < -0.3 is 9.41 Å². The van der Waals surface area contributed by atoms with Gasteiger partial charge in [-0.05, 0) is 47.0 Å². The third kappa shape index (κ3) is 3.31. The van der Waals surface area contributed by atoms with Gasteiger partial charge in [0, 0.05) is 28.6 Å². The Morgan fingerprint density at radius 1 is 1.15 bits per heavy atom. The molecule has 1 saturated carbocycles. The predicted octanol–water partition coefficient (Wildman–Crippen LogP) is 6.39. The van der Waals surface area contributed by atoms with Crippen LogP contribution in [0.15, 0.2) is 24.4 Å². The molecule has 3 rings (SSSR count). The Kier molecular flexibility index (Phi) is 4.76. The van der Waals surface area contributed by atoms with Crippen molar-refractivity contribution >= 4 is 25.7 Å². The van der Waals surface area contributed by atoms with Crippen LogP contribution in [0.4, 0.5) is 0 Å². The molecule has 4 heteroatoms. The van der Waals surface area contributed by atoms with Crippen LogP contribution >= 0.6 is 0 Å². The lowest BCUT2D eigenvalue weighted by atomic mass is 9.84. The molecule has 1 radical (unpaired) electrons. The molecule has 1 fully saturated rings. The van der Waals surface area contributed by atoms with E-state index in [0.29, 0.717) is 0 Å². The van der Waals surface area contributed by atoms with Crippen LogP contribution in [-0.2, 0) is 4.43 Å². The minimum atomic E-state index is -0.837. The molecule has 2 aromatic rings. The van der Waals surface area contributed by atoms with Gasteiger partial charge in [-0.1, -0.05) is 54.5 Å². The van der Waals surface area contributed by atoms with Crippen molar-refractivity contribution in [2.45, 2.75) is 67.7 Å². The van der Waals surface area contributed by atoms with Gasteiger partial charge in [0.05, 0.1) is 6.10 Å². The van der Waals surface area contributed by atoms with E-state index >= 15 is 0 Å². The quantitative estimate of drug-likeness (QED) is 0.479. The van der Waals surface area contributed by atoms with E-state index in [1.807, 2.05) is 6.20 Å². The highest BCUT2D eigenvalue weighted by Crippen LogP contribution is 2.69. The highest BCUT2D eigenvalue weighted by Gasteiger charge is 2.68. The Balaban J connectivity index is 2.03. The molecule has 0 saturated heterocycles. The van der Waals surface area contributed by atoms with Gasteiger partial charge >= 0.3 is 0 Å². The topological polar surface area (TPSA) is 42.1 Å². The van der Waals surface area contributed by atoms with E-state index in [-0.39, 0.29) is 34.1 Å². The van der Waals surface area contributed by atoms with E-state index in [4.69, 9.17) is 4.43 Å². The van der Waals surface area contributed by atoms with Crippen molar-refractivity contribution in [3.63, 3.8) is 0 Å². The van der Waals surface area contributed by atoms with Crippen molar-refractivity contribution in [3.05, 3.63) is 35.5 Å². The molecule has 27 heavy (non-hydrogen) atoms. The van der Waals surface area contributed by atoms with Crippen molar-refractivity contribution in [2.75, 3.05) is 0 Å². The molecule has 1 N–H and O–H groups in total. The maximum atomic E-state index is 13.3. The van der Waals surface area contributed by atoms with Gasteiger partial charge in [-0.25, -0.2) is 0 Å². The SMILES string of the molecule is C[Si](C)OC(c1ccc2[nH]cc(C(=O)C3C(C)(C)C3(C)C)c2c1)C(C)(C)C. The zero-order valence-corrected chi connectivity index (χ0v) is 19.3. The van der Waals surface area contributed by atoms with E-state index < -0.39 is 9.04 Å². The van der Waals surface area contributed by atoms with Crippen LogP contribution in [0.25, 0.3) is 10.9 Å². The molecule has 1 atom stereocenters. The van der Waals surface area contributed by atoms with Crippen LogP contribution < -0.4 is 0 Å². The summed E-state index contributed by atoms with van der Waals surface area (Å²) < 4.78 is 6.36. The Labute approximate surface area is 165 Å². The minimum Gasteiger partial charge on any atom is -0.410 e. The molecular weight excluding hydrogens is 350 g/mol. The minimum absolute atomic E-state index is 0.00341. The fraction of sp³-hybridized carbons (Fsp3) is 0.609. The molecule has 1 aromatic carbocycles. The molecule has 0 amide bonds. The number of hydrogen-bond acceptors (Lipinski definition) is 2. The molecule has 0 aliphatic heterocycles. The second kappa shape index (κ2) is 6.31. The highest BCUT2D eigenvalue weighted by atomic mass is 28.3. The van der Waals surface area contributed by atoms with E-state index in [0.717, 1.165) is 22.0 Å². The van der Waals surface area contributed by atoms with Crippen LogP contribution in [0, 0.1) is 22.2 Å². The number of H-pyrrole nitrogens is 1. The zero-order valence-electron chi connectivity index (χ0n) is 18.3. The Bertz CT molecular complexity index is 856. The summed E-state index contributed by atoms with van der Waals surface area (Å²) in [7, 11) is -0.837. The van der Waals surface area contributed by atoms with Crippen LogP contribution in [0.5, 0.6) is 0 Å². The number of aromatic amines is 1. The molecule has 0 bridgehead atoms. The number of hydrogen-bond donors (Lipinski definition) is 1. The largest absolute Gasteiger partial charge is 0.410 e. The summed E-state index contributed by atoms with van der Waals surface area (Å²) in [6, 6.07) is 6.39. The van der Waals surface area contributed by atoms with Gasteiger partial charge in [-0.3, -0.25) is 4.79 Å². The van der Waals surface area contributed by atoms with Crippen molar-refractivity contribution in [2.24, 2.45) is 22.2 Å². The van der Waals surface area contributed by atoms with Crippen LogP contribution in [0.1, 0.15) is 70.5 Å². The van der Waals surface area contributed by atoms with Gasteiger partial charge in [0.25, 0.3) is 0 Å². The molecule has 1 aliphatic rings. The van der Waals surface area contributed by atoms with Crippen LogP contribution in [-0.4, -0.2) is 19.8 Å². The van der Waals surface area contributed by atoms with Gasteiger partial charge in [0.1, 0.15) is 0 Å². The maximum absolute atomic E-state index is 13.3. The van der Waals surface area contributed by atoms with E-state index in [1.54, 1.807) is 0 Å². The molecule has 3 nitrogen and oxygen atoms in total. The molecular formula is C23H34NO2Si. The lowest BCUT2D eigenvalue weighted by molar-refractivity contribution is 0.0867. The number of benzene rings is 1. The average Bonchev–Trinajstić information content (AvgIpc) is 2.84. The number of Topliss-reactive ketones (excluding diaryl/α,β-unsaturated/α-hetero) is 1. The van der Waals surface area contributed by atoms with E-state index in [1.165, 1.54) is 0 Å². The number of nitrogens with one attached hydrogen (secondary N) is 1. The number of aromatic nitrogens is 1. The molecule has 0 spiro atoms. The van der Waals surface area contributed by atoms with Crippen molar-refractivity contribution in [1.82, 2.24) is 4.98 Å². The highest BCUT2D eigenvalue weighted by molar-refractivity contribution is 6.48. The number of carbonyl (C=O) groups excluding carboxylic acids is 1. The van der Waals surface area contributed by atoms with Crippen molar-refractivity contribution in [1.29, 1.82) is 0 Å². The van der Waals surface area contributed by atoms with E-state index in [2.05, 4.69) is 84.7 Å². The Hall–Kier alpha value is -1.39. The first kappa shape index (κ1) is 20.3. The van der Waals surface area contributed by atoms with Crippen LogP contribution in [0.3, 0.4) is 0 Å². The first-order chi connectivity index (χ1) is 12.3. The van der Waals surface area contributed by atoms with Gasteiger partial charge in [0.2, 0.25) is 9.04 Å². The number of rotatable bonds is 5. The third-order valence-corrected chi connectivity index (χ3v) is 7.40. The average molecular weight is 385 g/mol. The van der Waals surface area contributed by atoms with Gasteiger partial charge in [-0.15, -0.1) is 0 Å². The maximum Gasteiger partial charge on any atom is 0.205 e. The second-order valence-corrected chi connectivity index (χ2v) is 12.6. The summed E-state index contributed by atoms with van der Waals surface area (Å²) in [5.74, 6) is 0.334. The fourth-order valence-electron chi connectivity index (χ4n) is 4.49. The smallest absolute Gasteiger partial charge is 0.205 e. The fourth-order valence-corrected chi connectivity index (χ4v) is 5.45. The van der Waals surface area contributed by atoms with Crippen LogP contribution in [0.2, 0.25) is 13.1 Å². The Morgan fingerprint density at radius 2 is 1.74 bits per heavy atom. The number of ketones is 1. The van der Waals surface area contributed by atoms with Crippen molar-refractivity contribution < 1.29 is 9.22 Å². The lowest BCUT2D eigenvalue weighted by Crippen LogP contribution is -2.25. The van der Waals surface area contributed by atoms with Gasteiger partial charge in [0.15, 0.2) is 5.78 Å². The summed E-state index contributed by atoms with van der Waals surface area (Å²) >= 11 is 0. The normalized spacial score (nSPS) is 20.2. The monoisotopic (exact) mass is 384 g/mol. The molecule has 147 valence electrons. The standard InChI is InChI=1S/C23H34NO2Si/c1-21(2,3)20(26-27(8)9)14-10-11-17-15(12-14)16(13-24-17)18(25)19-22(4,5)23(19,6)7/h10-13,19-20,24H,1-9H3. The summed E-state index contributed by atoms with van der Waals surface area (Å²) in [6.45, 7) is 19.8. The first-order valence-electron chi connectivity index (χ1n) is 9.90. The zero-order chi connectivity index (χ0) is 20.4. The molecule has 1 aliphatic carbocycles. The number of fused-ring (bicyclic) bond motifs is 1. The summed E-state index contributed by atoms with van der Waals surface area (Å²) in [5, 5.41) is 1.02.